The van der Waals surface area contributed by atoms with Gasteiger partial charge in [0.05, 0.1) is 11.1 Å². The Morgan fingerprint density at radius 3 is 2.60 bits per heavy atom. The zero-order valence-corrected chi connectivity index (χ0v) is 12.2. The lowest BCUT2D eigenvalue weighted by molar-refractivity contribution is -0.139. The van der Waals surface area contributed by atoms with Crippen LogP contribution < -0.4 is 0 Å². The van der Waals surface area contributed by atoms with Gasteiger partial charge in [-0.15, -0.1) is 0 Å². The highest BCUT2D eigenvalue weighted by molar-refractivity contribution is 5.81. The van der Waals surface area contributed by atoms with E-state index in [4.69, 9.17) is 9.47 Å². The van der Waals surface area contributed by atoms with Gasteiger partial charge in [0.2, 0.25) is 0 Å². The predicted octanol–water partition coefficient (Wildman–Crippen LogP) is 2.54. The van der Waals surface area contributed by atoms with Gasteiger partial charge in [0.15, 0.2) is 6.29 Å². The lowest BCUT2D eigenvalue weighted by Gasteiger charge is -2.27. The molecule has 0 aliphatic rings. The third kappa shape index (κ3) is 3.54. The Morgan fingerprint density at radius 2 is 1.90 bits per heavy atom. The molecule has 2 rings (SSSR count). The molecule has 0 aliphatic carbocycles. The van der Waals surface area contributed by atoms with Gasteiger partial charge in [-0.1, -0.05) is 18.2 Å². The van der Waals surface area contributed by atoms with E-state index < -0.39 is 11.9 Å². The zero-order chi connectivity index (χ0) is 14.6. The first-order valence-electron chi connectivity index (χ1n) is 6.66. The minimum absolute atomic E-state index is 0.405. The molecule has 1 aromatic heterocycles. The molecule has 4 nitrogen and oxygen atoms in total. The van der Waals surface area contributed by atoms with Crippen molar-refractivity contribution >= 4 is 10.9 Å². The number of ether oxygens (including phenoxy) is 2. The fourth-order valence-corrected chi connectivity index (χ4v) is 2.41. The van der Waals surface area contributed by atoms with Crippen molar-refractivity contribution in [3.63, 3.8) is 0 Å². The molecule has 1 unspecified atom stereocenters. The summed E-state index contributed by atoms with van der Waals surface area (Å²) < 4.78 is 10.3. The van der Waals surface area contributed by atoms with Crippen LogP contribution >= 0.6 is 0 Å². The molecule has 2 aromatic rings. The van der Waals surface area contributed by atoms with Gasteiger partial charge >= 0.3 is 0 Å². The molecular weight excluding hydrogens is 254 g/mol. The van der Waals surface area contributed by atoms with E-state index in [0.717, 1.165) is 16.5 Å². The van der Waals surface area contributed by atoms with Crippen molar-refractivity contribution in [2.24, 2.45) is 0 Å². The van der Waals surface area contributed by atoms with Gasteiger partial charge in [0.25, 0.3) is 0 Å². The predicted molar refractivity (Wildman–Crippen MR) is 78.5 cm³/mol. The van der Waals surface area contributed by atoms with E-state index in [1.54, 1.807) is 27.3 Å². The molecule has 0 fully saturated rings. The molecule has 108 valence electrons. The van der Waals surface area contributed by atoms with Crippen LogP contribution in [-0.2, 0) is 15.9 Å². The SMILES string of the molecule is COC(CC(C)(O)Cc1ccnc2ccccc12)OC. The molecule has 0 bridgehead atoms. The fraction of sp³-hybridized carbons (Fsp3) is 0.438. The average Bonchev–Trinajstić information content (AvgIpc) is 2.45. The molecule has 1 N–H and O–H groups in total. The molecule has 0 saturated carbocycles. The molecule has 20 heavy (non-hydrogen) atoms. The first-order valence-corrected chi connectivity index (χ1v) is 6.66. The topological polar surface area (TPSA) is 51.6 Å². The van der Waals surface area contributed by atoms with Crippen LogP contribution in [0.5, 0.6) is 0 Å². The number of hydrogen-bond acceptors (Lipinski definition) is 4. The maximum Gasteiger partial charge on any atom is 0.159 e. The van der Waals surface area contributed by atoms with E-state index in [-0.39, 0.29) is 0 Å². The van der Waals surface area contributed by atoms with E-state index >= 15 is 0 Å². The van der Waals surface area contributed by atoms with Crippen molar-refractivity contribution in [2.75, 3.05) is 14.2 Å². The minimum Gasteiger partial charge on any atom is -0.390 e. The number of rotatable bonds is 6. The molecule has 0 radical (unpaired) electrons. The second-order valence-corrected chi connectivity index (χ2v) is 5.27. The Hall–Kier alpha value is -1.49. The Balaban J connectivity index is 2.22. The van der Waals surface area contributed by atoms with Gasteiger partial charge in [-0.25, -0.2) is 0 Å². The Bertz CT molecular complexity index is 559. The van der Waals surface area contributed by atoms with E-state index in [1.807, 2.05) is 30.3 Å². The number of pyridine rings is 1. The van der Waals surface area contributed by atoms with E-state index in [9.17, 15) is 5.11 Å². The van der Waals surface area contributed by atoms with Crippen LogP contribution in [0.1, 0.15) is 18.9 Å². The largest absolute Gasteiger partial charge is 0.390 e. The van der Waals surface area contributed by atoms with Crippen LogP contribution in [0.2, 0.25) is 0 Å². The molecule has 0 saturated heterocycles. The van der Waals surface area contributed by atoms with E-state index in [2.05, 4.69) is 4.98 Å². The van der Waals surface area contributed by atoms with Crippen LogP contribution in [0.3, 0.4) is 0 Å². The summed E-state index contributed by atoms with van der Waals surface area (Å²) in [4.78, 5) is 4.33. The molecule has 4 heteroatoms. The number of benzene rings is 1. The third-order valence-electron chi connectivity index (χ3n) is 3.44. The maximum absolute atomic E-state index is 10.6. The molecular formula is C16H21NO3. The Labute approximate surface area is 119 Å². The van der Waals surface area contributed by atoms with Crippen LogP contribution in [0.4, 0.5) is 0 Å². The Morgan fingerprint density at radius 1 is 1.20 bits per heavy atom. The van der Waals surface area contributed by atoms with Gasteiger partial charge in [0.1, 0.15) is 0 Å². The lowest BCUT2D eigenvalue weighted by Crippen LogP contribution is -2.34. The summed E-state index contributed by atoms with van der Waals surface area (Å²) in [6, 6.07) is 9.89. The number of para-hydroxylation sites is 1. The molecule has 1 atom stereocenters. The van der Waals surface area contributed by atoms with Crippen molar-refractivity contribution in [1.29, 1.82) is 0 Å². The highest BCUT2D eigenvalue weighted by atomic mass is 16.7. The van der Waals surface area contributed by atoms with Crippen molar-refractivity contribution in [1.82, 2.24) is 4.98 Å². The minimum atomic E-state index is -0.902. The monoisotopic (exact) mass is 275 g/mol. The van der Waals surface area contributed by atoms with Gasteiger partial charge in [-0.3, -0.25) is 4.98 Å². The number of aromatic nitrogens is 1. The normalized spacial score (nSPS) is 14.7. The highest BCUT2D eigenvalue weighted by Gasteiger charge is 2.26. The molecule has 1 aromatic carbocycles. The van der Waals surface area contributed by atoms with Gasteiger partial charge < -0.3 is 14.6 Å². The second-order valence-electron chi connectivity index (χ2n) is 5.27. The van der Waals surface area contributed by atoms with Crippen molar-refractivity contribution < 1.29 is 14.6 Å². The summed E-state index contributed by atoms with van der Waals surface area (Å²) in [7, 11) is 3.15. The summed E-state index contributed by atoms with van der Waals surface area (Å²) in [5, 5.41) is 11.7. The average molecular weight is 275 g/mol. The third-order valence-corrected chi connectivity index (χ3v) is 3.44. The fourth-order valence-electron chi connectivity index (χ4n) is 2.41. The molecule has 0 spiro atoms. The molecule has 1 heterocycles. The standard InChI is InChI=1S/C16H21NO3/c1-16(18,11-15(19-2)20-3)10-12-8-9-17-14-7-5-4-6-13(12)14/h4-9,15,18H,10-11H2,1-3H3. The van der Waals surface area contributed by atoms with Gasteiger partial charge in [-0.2, -0.15) is 0 Å². The number of aliphatic hydroxyl groups is 1. The smallest absolute Gasteiger partial charge is 0.159 e. The summed E-state index contributed by atoms with van der Waals surface area (Å²) in [5.41, 5.74) is 1.11. The van der Waals surface area contributed by atoms with Gasteiger partial charge in [-0.05, 0) is 24.6 Å². The zero-order valence-electron chi connectivity index (χ0n) is 12.2. The van der Waals surface area contributed by atoms with Crippen molar-refractivity contribution in [3.8, 4) is 0 Å². The summed E-state index contributed by atoms with van der Waals surface area (Å²) in [6.07, 6.45) is 2.31. The molecule has 0 aliphatic heterocycles. The first-order chi connectivity index (χ1) is 9.55. The van der Waals surface area contributed by atoms with Crippen LogP contribution in [0.15, 0.2) is 36.5 Å². The Kier molecular flexibility index (Phi) is 4.70. The number of fused-ring (bicyclic) bond motifs is 1. The van der Waals surface area contributed by atoms with Crippen LogP contribution in [0.25, 0.3) is 10.9 Å². The summed E-state index contributed by atoms with van der Waals surface area (Å²) in [6.45, 7) is 1.80. The summed E-state index contributed by atoms with van der Waals surface area (Å²) >= 11 is 0. The van der Waals surface area contributed by atoms with Crippen LogP contribution in [0, 0.1) is 0 Å². The number of hydrogen-bond donors (Lipinski definition) is 1. The first kappa shape index (κ1) is 14.9. The van der Waals surface area contributed by atoms with E-state index in [0.29, 0.717) is 12.8 Å². The van der Waals surface area contributed by atoms with Crippen molar-refractivity contribution in [3.05, 3.63) is 42.1 Å². The molecule has 0 amide bonds. The highest BCUT2D eigenvalue weighted by Crippen LogP contribution is 2.24. The van der Waals surface area contributed by atoms with Crippen LogP contribution in [-0.4, -0.2) is 36.2 Å². The van der Waals surface area contributed by atoms with E-state index in [1.165, 1.54) is 0 Å². The number of nitrogens with zero attached hydrogens (tertiary/aromatic N) is 1. The number of methoxy groups -OCH3 is 2. The summed E-state index contributed by atoms with van der Waals surface area (Å²) in [5.74, 6) is 0. The van der Waals surface area contributed by atoms with Gasteiger partial charge in [0, 0.05) is 38.6 Å². The quantitative estimate of drug-likeness (QED) is 0.823. The van der Waals surface area contributed by atoms with Crippen molar-refractivity contribution in [2.45, 2.75) is 31.7 Å². The lowest BCUT2D eigenvalue weighted by atomic mass is 9.91. The second kappa shape index (κ2) is 6.31. The maximum atomic E-state index is 10.6.